The zero-order valence-corrected chi connectivity index (χ0v) is 28.5. The second kappa shape index (κ2) is 19.5. The molecule has 0 aliphatic carbocycles. The van der Waals surface area contributed by atoms with Gasteiger partial charge in [0.05, 0.1) is 25.6 Å². The number of unbranched alkanes of at least 4 members (excludes halogenated alkanes) is 12. The van der Waals surface area contributed by atoms with Crippen LogP contribution in [0.3, 0.4) is 0 Å². The molecule has 0 saturated heterocycles. The number of rotatable bonds is 22. The van der Waals surface area contributed by atoms with Crippen LogP contribution in [0.15, 0.2) is 12.7 Å². The Kier molecular flexibility index (Phi) is 17.0. The molecule has 2 aromatic rings. The molecule has 0 aliphatic heterocycles. The zero-order chi connectivity index (χ0) is 32.5. The molecule has 0 aromatic carbocycles. The number of hydrogen-bond donors (Lipinski definition) is 2. The first-order chi connectivity index (χ1) is 20.8. The standard InChI is InChI=1S/C30H51F3N5O4PSi/c1-26(22-38-24-37-27-28(34)35-23-36-29(27)38)41-25-43(39,40)42-19-16-14-12-10-8-6-4-5-7-9-11-13-15-17-20-44(2,3)21-18-30(31,32)33/h23-24,26H,4-16,18-19,21-22,25H2,1-3H3,(H,39,40)(H2,34,35,36)/t26-/m1/s1. The predicted molar refractivity (Wildman–Crippen MR) is 172 cm³/mol. The average molecular weight is 662 g/mol. The molecule has 0 aliphatic rings. The molecule has 0 radical (unpaired) electrons. The summed E-state index contributed by atoms with van der Waals surface area (Å²) in [6, 6.07) is 0.183. The van der Waals surface area contributed by atoms with Crippen molar-refractivity contribution in [3.8, 4) is 11.5 Å². The monoisotopic (exact) mass is 661 g/mol. The van der Waals surface area contributed by atoms with Crippen LogP contribution in [0.4, 0.5) is 19.0 Å². The lowest BCUT2D eigenvalue weighted by molar-refractivity contribution is -0.130. The molecule has 0 bridgehead atoms. The molecular weight excluding hydrogens is 610 g/mol. The van der Waals surface area contributed by atoms with Crippen LogP contribution in [0.2, 0.25) is 19.1 Å². The number of nitrogens with zero attached hydrogens (tertiary/aromatic N) is 4. The van der Waals surface area contributed by atoms with E-state index in [0.717, 1.165) is 44.9 Å². The second-order valence-corrected chi connectivity index (χ2v) is 18.5. The van der Waals surface area contributed by atoms with Crippen LogP contribution in [-0.2, 0) is 20.4 Å². The maximum Gasteiger partial charge on any atom is 0.388 e. The number of anilines is 1. The summed E-state index contributed by atoms with van der Waals surface area (Å²) in [7, 11) is -5.90. The minimum atomic E-state index is -4.08. The van der Waals surface area contributed by atoms with Gasteiger partial charge in [0.2, 0.25) is 0 Å². The van der Waals surface area contributed by atoms with Crippen molar-refractivity contribution in [3.63, 3.8) is 0 Å². The number of aromatic nitrogens is 4. The van der Waals surface area contributed by atoms with Crippen LogP contribution in [-0.4, -0.2) is 57.7 Å². The van der Waals surface area contributed by atoms with Crippen LogP contribution in [0.1, 0.15) is 96.8 Å². The molecule has 2 atom stereocenters. The minimum absolute atomic E-state index is 0.183. The van der Waals surface area contributed by atoms with E-state index in [9.17, 15) is 22.6 Å². The molecule has 0 saturated carbocycles. The van der Waals surface area contributed by atoms with E-state index in [-0.39, 0.29) is 25.1 Å². The van der Waals surface area contributed by atoms with Crippen molar-refractivity contribution in [2.75, 3.05) is 18.7 Å². The van der Waals surface area contributed by atoms with Gasteiger partial charge < -0.3 is 24.5 Å². The molecule has 1 unspecified atom stereocenters. The molecular formula is C30H51F3N5O4PSi. The van der Waals surface area contributed by atoms with Crippen molar-refractivity contribution in [2.24, 2.45) is 0 Å². The summed E-state index contributed by atoms with van der Waals surface area (Å²) in [5.74, 6) is 3.43. The van der Waals surface area contributed by atoms with Crippen LogP contribution in [0.25, 0.3) is 11.2 Å². The van der Waals surface area contributed by atoms with Gasteiger partial charge in [-0.2, -0.15) is 13.2 Å². The third-order valence-corrected chi connectivity index (χ3v) is 10.8. The minimum Gasteiger partial charge on any atom is -0.382 e. The highest BCUT2D eigenvalue weighted by Crippen LogP contribution is 2.42. The number of fused-ring (bicyclic) bond motifs is 1. The normalized spacial score (nSPS) is 14.3. The lowest BCUT2D eigenvalue weighted by Crippen LogP contribution is -2.26. The van der Waals surface area contributed by atoms with E-state index < -0.39 is 28.3 Å². The van der Waals surface area contributed by atoms with Crippen LogP contribution >= 0.6 is 7.60 Å². The summed E-state index contributed by atoms with van der Waals surface area (Å²) in [6.07, 6.45) is 11.5. The first-order valence-electron chi connectivity index (χ1n) is 15.8. The van der Waals surface area contributed by atoms with Gasteiger partial charge in [-0.1, -0.05) is 77.3 Å². The van der Waals surface area contributed by atoms with Crippen molar-refractivity contribution in [3.05, 3.63) is 12.7 Å². The van der Waals surface area contributed by atoms with Gasteiger partial charge in [-0.3, -0.25) is 4.57 Å². The maximum atomic E-state index is 12.4. The molecule has 14 heteroatoms. The van der Waals surface area contributed by atoms with Gasteiger partial charge in [-0.25, -0.2) is 15.0 Å². The highest BCUT2D eigenvalue weighted by molar-refractivity contribution is 7.52. The summed E-state index contributed by atoms with van der Waals surface area (Å²) in [6.45, 7) is 6.25. The fraction of sp³-hybridized carbons (Fsp3) is 0.767. The quantitative estimate of drug-likeness (QED) is 0.0559. The smallest absolute Gasteiger partial charge is 0.382 e. The molecule has 0 spiro atoms. The number of alkyl halides is 3. The molecule has 9 nitrogen and oxygen atoms in total. The molecule has 250 valence electrons. The van der Waals surface area contributed by atoms with E-state index in [1.165, 1.54) is 44.9 Å². The third kappa shape index (κ3) is 16.9. The Balaban J connectivity index is 1.39. The first kappa shape index (κ1) is 38.2. The van der Waals surface area contributed by atoms with Crippen molar-refractivity contribution in [2.45, 2.75) is 135 Å². The summed E-state index contributed by atoms with van der Waals surface area (Å²) in [5, 5.41) is 0. The van der Waals surface area contributed by atoms with Crippen LogP contribution in [0.5, 0.6) is 0 Å². The van der Waals surface area contributed by atoms with Crippen LogP contribution in [0, 0.1) is 11.5 Å². The Morgan fingerprint density at radius 1 is 1.00 bits per heavy atom. The molecule has 2 heterocycles. The molecule has 44 heavy (non-hydrogen) atoms. The van der Waals surface area contributed by atoms with Gasteiger partial charge in [0.25, 0.3) is 0 Å². The fourth-order valence-corrected chi connectivity index (χ4v) is 7.30. The fourth-order valence-electron chi connectivity index (χ4n) is 4.73. The summed E-state index contributed by atoms with van der Waals surface area (Å²) in [5.41, 5.74) is 10.0. The van der Waals surface area contributed by atoms with Crippen molar-refractivity contribution in [1.82, 2.24) is 19.5 Å². The largest absolute Gasteiger partial charge is 0.388 e. The van der Waals surface area contributed by atoms with E-state index >= 15 is 0 Å². The van der Waals surface area contributed by atoms with Gasteiger partial charge in [0, 0.05) is 12.8 Å². The third-order valence-electron chi connectivity index (χ3n) is 7.35. The lowest BCUT2D eigenvalue weighted by atomic mass is 10.0. The zero-order valence-electron chi connectivity index (χ0n) is 26.6. The van der Waals surface area contributed by atoms with E-state index in [1.54, 1.807) is 17.8 Å². The number of nitrogen functional groups attached to an aromatic ring is 1. The second-order valence-electron chi connectivity index (χ2n) is 12.2. The Labute approximate surface area is 261 Å². The van der Waals surface area contributed by atoms with Gasteiger partial charge in [-0.15, -0.1) is 11.5 Å². The van der Waals surface area contributed by atoms with Gasteiger partial charge >= 0.3 is 13.8 Å². The van der Waals surface area contributed by atoms with Gasteiger partial charge in [0.15, 0.2) is 11.5 Å². The molecule has 0 fully saturated rings. The topological polar surface area (TPSA) is 125 Å². The Morgan fingerprint density at radius 2 is 1.59 bits per heavy atom. The SMILES string of the molecule is C[C@H](Cn1cnc2c(N)ncnc21)OCP(=O)(O)OCCCCCCCCCCCCCCC#C[Si](C)(C)CCC(F)(F)F. The number of halogens is 3. The van der Waals surface area contributed by atoms with Crippen molar-refractivity contribution in [1.29, 1.82) is 0 Å². The number of hydrogen-bond acceptors (Lipinski definition) is 7. The summed E-state index contributed by atoms with van der Waals surface area (Å²) < 4.78 is 62.1. The highest BCUT2D eigenvalue weighted by atomic mass is 31.2. The van der Waals surface area contributed by atoms with Crippen molar-refractivity contribution < 1.29 is 31.9 Å². The van der Waals surface area contributed by atoms with E-state index in [1.807, 2.05) is 13.1 Å². The maximum absolute atomic E-state index is 12.4. The Morgan fingerprint density at radius 3 is 2.20 bits per heavy atom. The highest BCUT2D eigenvalue weighted by Gasteiger charge is 2.31. The average Bonchev–Trinajstić information content (AvgIpc) is 3.36. The molecule has 3 N–H and O–H groups in total. The molecule has 2 aromatic heterocycles. The van der Waals surface area contributed by atoms with E-state index in [0.29, 0.717) is 23.5 Å². The summed E-state index contributed by atoms with van der Waals surface area (Å²) in [4.78, 5) is 22.4. The molecule has 0 amide bonds. The first-order valence-corrected chi connectivity index (χ1v) is 20.8. The Hall–Kier alpha value is -1.97. The van der Waals surface area contributed by atoms with Crippen LogP contribution < -0.4 is 5.73 Å². The van der Waals surface area contributed by atoms with E-state index in [2.05, 4.69) is 26.4 Å². The van der Waals surface area contributed by atoms with E-state index in [4.69, 9.17) is 15.0 Å². The predicted octanol–water partition coefficient (Wildman–Crippen LogP) is 8.25. The number of imidazole rings is 1. The number of nitrogens with two attached hydrogens (primary N) is 1. The molecule has 2 rings (SSSR count). The summed E-state index contributed by atoms with van der Waals surface area (Å²) >= 11 is 0. The Bertz CT molecular complexity index is 1220. The lowest BCUT2D eigenvalue weighted by Gasteiger charge is -2.17. The number of ether oxygens (including phenoxy) is 1. The van der Waals surface area contributed by atoms with Crippen molar-refractivity contribution >= 4 is 32.7 Å². The van der Waals surface area contributed by atoms with Gasteiger partial charge in [0.1, 0.15) is 26.3 Å². The van der Waals surface area contributed by atoms with Gasteiger partial charge in [-0.05, 0) is 25.8 Å².